The lowest BCUT2D eigenvalue weighted by molar-refractivity contribution is 0.667. The standard InChI is InChI=1S/C18H21Cl2N5/c1-5-6-10(2)14-9-21-25-17(14)22-12(4)23-18(25)24-16-11(3)7-13(19)8-15(16)20/h7-10H,5-6H2,1-4H3,(H,22,23,24). The summed E-state index contributed by atoms with van der Waals surface area (Å²) in [6, 6.07) is 3.57. The van der Waals surface area contributed by atoms with Gasteiger partial charge >= 0.3 is 0 Å². The molecule has 1 unspecified atom stereocenters. The summed E-state index contributed by atoms with van der Waals surface area (Å²) in [5.74, 6) is 1.67. The Labute approximate surface area is 157 Å². The molecule has 3 aromatic rings. The van der Waals surface area contributed by atoms with Gasteiger partial charge in [-0.05, 0) is 43.9 Å². The van der Waals surface area contributed by atoms with Crippen LogP contribution in [0.1, 0.15) is 49.6 Å². The maximum atomic E-state index is 6.35. The highest BCUT2D eigenvalue weighted by Crippen LogP contribution is 2.32. The maximum absolute atomic E-state index is 6.35. The number of hydrogen-bond acceptors (Lipinski definition) is 4. The zero-order chi connectivity index (χ0) is 18.1. The fourth-order valence-corrected chi connectivity index (χ4v) is 3.63. The molecule has 1 N–H and O–H groups in total. The summed E-state index contributed by atoms with van der Waals surface area (Å²) in [5.41, 5.74) is 3.67. The average Bonchev–Trinajstić information content (AvgIpc) is 2.94. The molecule has 0 radical (unpaired) electrons. The number of aryl methyl sites for hydroxylation is 2. The highest BCUT2D eigenvalue weighted by Gasteiger charge is 2.17. The lowest BCUT2D eigenvalue weighted by Gasteiger charge is -2.13. The van der Waals surface area contributed by atoms with Crippen molar-refractivity contribution in [2.75, 3.05) is 5.32 Å². The number of anilines is 2. The van der Waals surface area contributed by atoms with Gasteiger partial charge in [0.1, 0.15) is 5.82 Å². The number of benzene rings is 1. The van der Waals surface area contributed by atoms with Gasteiger partial charge in [0.15, 0.2) is 5.65 Å². The Kier molecular flexibility index (Phi) is 5.16. The van der Waals surface area contributed by atoms with Gasteiger partial charge in [-0.1, -0.05) is 43.5 Å². The van der Waals surface area contributed by atoms with Gasteiger partial charge in [-0.15, -0.1) is 0 Å². The van der Waals surface area contributed by atoms with E-state index in [1.165, 1.54) is 0 Å². The molecule has 3 rings (SSSR count). The van der Waals surface area contributed by atoms with E-state index in [1.807, 2.05) is 26.1 Å². The SMILES string of the molecule is CCCC(C)c1cnn2c(Nc3c(C)cc(Cl)cc3Cl)nc(C)nc12. The summed E-state index contributed by atoms with van der Waals surface area (Å²) < 4.78 is 1.73. The Hall–Kier alpha value is -1.85. The molecule has 1 atom stereocenters. The molecule has 132 valence electrons. The fourth-order valence-electron chi connectivity index (χ4n) is 2.99. The van der Waals surface area contributed by atoms with Gasteiger partial charge < -0.3 is 5.32 Å². The molecule has 0 amide bonds. The summed E-state index contributed by atoms with van der Waals surface area (Å²) in [5, 5.41) is 8.94. The molecule has 0 saturated carbocycles. The first-order valence-electron chi connectivity index (χ1n) is 8.35. The summed E-state index contributed by atoms with van der Waals surface area (Å²) in [6.45, 7) is 8.21. The molecule has 1 aromatic carbocycles. The Bertz CT molecular complexity index is 896. The van der Waals surface area contributed by atoms with Gasteiger partial charge in [0.2, 0.25) is 5.95 Å². The van der Waals surface area contributed by atoms with E-state index in [-0.39, 0.29) is 0 Å². The molecule has 2 aromatic heterocycles. The van der Waals surface area contributed by atoms with E-state index in [9.17, 15) is 0 Å². The molecule has 2 heterocycles. The van der Waals surface area contributed by atoms with Crippen LogP contribution in [0.3, 0.4) is 0 Å². The molecule has 0 bridgehead atoms. The number of rotatable bonds is 5. The molecule has 0 aliphatic heterocycles. The van der Waals surface area contributed by atoms with E-state index in [0.717, 1.165) is 35.3 Å². The van der Waals surface area contributed by atoms with Crippen LogP contribution in [0.5, 0.6) is 0 Å². The van der Waals surface area contributed by atoms with Crippen molar-refractivity contribution in [2.24, 2.45) is 0 Å². The number of nitrogens with zero attached hydrogens (tertiary/aromatic N) is 4. The molecule has 25 heavy (non-hydrogen) atoms. The molecule has 5 nitrogen and oxygen atoms in total. The van der Waals surface area contributed by atoms with Crippen LogP contribution < -0.4 is 5.32 Å². The predicted octanol–water partition coefficient (Wildman–Crippen LogP) is 5.70. The van der Waals surface area contributed by atoms with Gasteiger partial charge in [-0.3, -0.25) is 0 Å². The molecule has 0 saturated heterocycles. The maximum Gasteiger partial charge on any atom is 0.232 e. The van der Waals surface area contributed by atoms with Crippen LogP contribution in [0.15, 0.2) is 18.3 Å². The zero-order valence-electron chi connectivity index (χ0n) is 14.8. The quantitative estimate of drug-likeness (QED) is 0.619. The summed E-state index contributed by atoms with van der Waals surface area (Å²) in [6.07, 6.45) is 4.09. The van der Waals surface area contributed by atoms with E-state index >= 15 is 0 Å². The minimum absolute atomic E-state index is 0.394. The van der Waals surface area contributed by atoms with Crippen LogP contribution in [0, 0.1) is 13.8 Å². The average molecular weight is 378 g/mol. The van der Waals surface area contributed by atoms with Crippen LogP contribution in [0.4, 0.5) is 11.6 Å². The van der Waals surface area contributed by atoms with E-state index in [4.69, 9.17) is 23.2 Å². The smallest absolute Gasteiger partial charge is 0.232 e. The van der Waals surface area contributed by atoms with Crippen molar-refractivity contribution >= 4 is 40.5 Å². The van der Waals surface area contributed by atoms with Crippen LogP contribution in [-0.4, -0.2) is 19.6 Å². The van der Waals surface area contributed by atoms with Crippen molar-refractivity contribution in [1.82, 2.24) is 19.6 Å². The third-order valence-corrected chi connectivity index (χ3v) is 4.77. The summed E-state index contributed by atoms with van der Waals surface area (Å²) >= 11 is 12.4. The van der Waals surface area contributed by atoms with Crippen molar-refractivity contribution in [1.29, 1.82) is 0 Å². The van der Waals surface area contributed by atoms with Gasteiger partial charge in [-0.2, -0.15) is 14.6 Å². The summed E-state index contributed by atoms with van der Waals surface area (Å²) in [4.78, 5) is 9.10. The summed E-state index contributed by atoms with van der Waals surface area (Å²) in [7, 11) is 0. The number of halogens is 2. The van der Waals surface area contributed by atoms with Crippen LogP contribution in [0.2, 0.25) is 10.0 Å². The van der Waals surface area contributed by atoms with E-state index in [0.29, 0.717) is 27.7 Å². The lowest BCUT2D eigenvalue weighted by Crippen LogP contribution is -2.08. The van der Waals surface area contributed by atoms with E-state index in [1.54, 1.807) is 10.6 Å². The monoisotopic (exact) mass is 377 g/mol. The van der Waals surface area contributed by atoms with Crippen molar-refractivity contribution in [3.63, 3.8) is 0 Å². The fraction of sp³-hybridized carbons (Fsp3) is 0.389. The highest BCUT2D eigenvalue weighted by atomic mass is 35.5. The van der Waals surface area contributed by atoms with Gasteiger partial charge in [0.25, 0.3) is 0 Å². The number of hydrogen-bond donors (Lipinski definition) is 1. The molecule has 7 heteroatoms. The molecule has 0 aliphatic rings. The molecule has 0 fully saturated rings. The van der Waals surface area contributed by atoms with Gasteiger partial charge in [0.05, 0.1) is 16.9 Å². The predicted molar refractivity (Wildman–Crippen MR) is 103 cm³/mol. The van der Waals surface area contributed by atoms with Crippen LogP contribution >= 0.6 is 23.2 Å². The van der Waals surface area contributed by atoms with E-state index in [2.05, 4.69) is 34.2 Å². The molecule has 0 aliphatic carbocycles. The Balaban J connectivity index is 2.09. The molecular weight excluding hydrogens is 357 g/mol. The van der Waals surface area contributed by atoms with Gasteiger partial charge in [0, 0.05) is 10.6 Å². The first-order chi connectivity index (χ1) is 11.9. The van der Waals surface area contributed by atoms with Crippen LogP contribution in [-0.2, 0) is 0 Å². The van der Waals surface area contributed by atoms with Crippen molar-refractivity contribution < 1.29 is 0 Å². The Morgan fingerprint density at radius 2 is 1.96 bits per heavy atom. The van der Waals surface area contributed by atoms with E-state index < -0.39 is 0 Å². The number of nitrogens with one attached hydrogen (secondary N) is 1. The molecule has 0 spiro atoms. The third-order valence-electron chi connectivity index (χ3n) is 4.25. The lowest BCUT2D eigenvalue weighted by atomic mass is 9.99. The van der Waals surface area contributed by atoms with Crippen molar-refractivity contribution in [3.8, 4) is 0 Å². The first-order valence-corrected chi connectivity index (χ1v) is 9.11. The Morgan fingerprint density at radius 1 is 1.20 bits per heavy atom. The molecular formula is C18H21Cl2N5. The Morgan fingerprint density at radius 3 is 2.64 bits per heavy atom. The van der Waals surface area contributed by atoms with Crippen LogP contribution in [0.25, 0.3) is 5.65 Å². The third kappa shape index (κ3) is 3.58. The highest BCUT2D eigenvalue weighted by molar-refractivity contribution is 6.36. The topological polar surface area (TPSA) is 55.1 Å². The minimum Gasteiger partial charge on any atom is -0.322 e. The largest absolute Gasteiger partial charge is 0.322 e. The second kappa shape index (κ2) is 7.18. The van der Waals surface area contributed by atoms with Crippen molar-refractivity contribution in [3.05, 3.63) is 45.3 Å². The van der Waals surface area contributed by atoms with Crippen molar-refractivity contribution in [2.45, 2.75) is 46.5 Å². The normalized spacial score (nSPS) is 12.6. The zero-order valence-corrected chi connectivity index (χ0v) is 16.3. The second-order valence-corrected chi connectivity index (χ2v) is 7.17. The van der Waals surface area contributed by atoms with Gasteiger partial charge in [-0.25, -0.2) is 4.98 Å². The number of fused-ring (bicyclic) bond motifs is 1. The minimum atomic E-state index is 0.394. The number of aromatic nitrogens is 4. The first kappa shape index (κ1) is 18.0. The second-order valence-electron chi connectivity index (χ2n) is 6.32.